The van der Waals surface area contributed by atoms with Gasteiger partial charge in [-0.25, -0.2) is 0 Å². The zero-order chi connectivity index (χ0) is 11.0. The molecular weight excluding hydrogens is 198 g/mol. The maximum atomic E-state index is 11.3. The molecule has 0 unspecified atom stereocenters. The highest BCUT2D eigenvalue weighted by Gasteiger charge is 2.21. The van der Waals surface area contributed by atoms with Crippen LogP contribution in [0.1, 0.15) is 49.1 Å². The maximum Gasteiger partial charge on any atom is 0.228 e. The molecule has 1 N–H and O–H groups in total. The van der Waals surface area contributed by atoms with Gasteiger partial charge in [0.25, 0.3) is 0 Å². The Morgan fingerprint density at radius 3 is 2.75 bits per heavy atom. The summed E-state index contributed by atoms with van der Waals surface area (Å²) in [5, 5.41) is 2.89. The molecule has 1 aliphatic heterocycles. The predicted molar refractivity (Wildman–Crippen MR) is 64.6 cm³/mol. The van der Waals surface area contributed by atoms with Crippen molar-refractivity contribution in [3.05, 3.63) is 29.3 Å². The molecule has 0 bridgehead atoms. The number of nitrogens with one attached hydrogen (secondary N) is 1. The quantitative estimate of drug-likeness (QED) is 0.765. The second-order valence-electron chi connectivity index (χ2n) is 4.98. The number of fused-ring (bicyclic) bond motifs is 1. The molecule has 2 heteroatoms. The van der Waals surface area contributed by atoms with Crippen molar-refractivity contribution in [3.63, 3.8) is 0 Å². The monoisotopic (exact) mass is 215 g/mol. The Morgan fingerprint density at radius 1 is 1.12 bits per heavy atom. The van der Waals surface area contributed by atoms with E-state index in [0.717, 1.165) is 11.6 Å². The average molecular weight is 215 g/mol. The van der Waals surface area contributed by atoms with Crippen LogP contribution in [0.15, 0.2) is 18.2 Å². The Kier molecular flexibility index (Phi) is 2.43. The highest BCUT2D eigenvalue weighted by atomic mass is 16.1. The van der Waals surface area contributed by atoms with Crippen molar-refractivity contribution >= 4 is 11.6 Å². The van der Waals surface area contributed by atoms with Crippen molar-refractivity contribution in [2.45, 2.75) is 44.4 Å². The minimum atomic E-state index is 0.135. The van der Waals surface area contributed by atoms with Gasteiger partial charge in [0, 0.05) is 5.69 Å². The predicted octanol–water partition coefficient (Wildman–Crippen LogP) is 3.23. The Hall–Kier alpha value is -1.31. The second-order valence-corrected chi connectivity index (χ2v) is 4.98. The van der Waals surface area contributed by atoms with Crippen molar-refractivity contribution in [1.29, 1.82) is 0 Å². The lowest BCUT2D eigenvalue weighted by Crippen LogP contribution is -2.04. The summed E-state index contributed by atoms with van der Waals surface area (Å²) in [5.74, 6) is 0.866. The molecule has 1 saturated carbocycles. The van der Waals surface area contributed by atoms with Crippen LogP contribution in [-0.2, 0) is 11.2 Å². The Morgan fingerprint density at radius 2 is 1.94 bits per heavy atom. The number of rotatable bonds is 1. The zero-order valence-corrected chi connectivity index (χ0v) is 9.46. The molecule has 3 rings (SSSR count). The molecule has 0 spiro atoms. The normalized spacial score (nSPS) is 20.6. The van der Waals surface area contributed by atoms with Gasteiger partial charge in [-0.3, -0.25) is 4.79 Å². The third-order valence-electron chi connectivity index (χ3n) is 3.83. The molecule has 1 aliphatic carbocycles. The van der Waals surface area contributed by atoms with Crippen LogP contribution in [0.5, 0.6) is 0 Å². The first-order valence-corrected chi connectivity index (χ1v) is 6.25. The third kappa shape index (κ3) is 1.73. The van der Waals surface area contributed by atoms with Gasteiger partial charge in [-0.2, -0.15) is 0 Å². The highest BCUT2D eigenvalue weighted by Crippen LogP contribution is 2.35. The van der Waals surface area contributed by atoms with Crippen molar-refractivity contribution in [2.24, 2.45) is 0 Å². The summed E-state index contributed by atoms with van der Waals surface area (Å²) in [6, 6.07) is 6.51. The maximum absolute atomic E-state index is 11.3. The largest absolute Gasteiger partial charge is 0.326 e. The van der Waals surface area contributed by atoms with Crippen LogP contribution in [-0.4, -0.2) is 5.91 Å². The lowest BCUT2D eigenvalue weighted by Gasteiger charge is -2.22. The SMILES string of the molecule is O=C1Cc2cc(C3CCCCC3)ccc2N1. The van der Waals surface area contributed by atoms with Crippen molar-refractivity contribution in [1.82, 2.24) is 0 Å². The number of amides is 1. The lowest BCUT2D eigenvalue weighted by molar-refractivity contribution is -0.115. The van der Waals surface area contributed by atoms with Gasteiger partial charge in [-0.15, -0.1) is 0 Å². The minimum absolute atomic E-state index is 0.135. The Bertz CT molecular complexity index is 419. The van der Waals surface area contributed by atoms with E-state index in [1.165, 1.54) is 43.2 Å². The van der Waals surface area contributed by atoms with E-state index in [0.29, 0.717) is 6.42 Å². The number of carbonyl (C=O) groups is 1. The summed E-state index contributed by atoms with van der Waals surface area (Å²) >= 11 is 0. The van der Waals surface area contributed by atoms with Crippen molar-refractivity contribution < 1.29 is 4.79 Å². The van der Waals surface area contributed by atoms with E-state index in [1.54, 1.807) is 0 Å². The lowest BCUT2D eigenvalue weighted by atomic mass is 9.83. The third-order valence-corrected chi connectivity index (χ3v) is 3.83. The molecule has 1 fully saturated rings. The molecule has 0 radical (unpaired) electrons. The van der Waals surface area contributed by atoms with Gasteiger partial charge in [0.15, 0.2) is 0 Å². The fraction of sp³-hybridized carbons (Fsp3) is 0.500. The van der Waals surface area contributed by atoms with E-state index in [1.807, 2.05) is 0 Å². The molecule has 0 saturated heterocycles. The standard InChI is InChI=1S/C14H17NO/c16-14-9-12-8-11(6-7-13(12)15-14)10-4-2-1-3-5-10/h6-8,10H,1-5,9H2,(H,15,16). The molecule has 16 heavy (non-hydrogen) atoms. The van der Waals surface area contributed by atoms with E-state index < -0.39 is 0 Å². The van der Waals surface area contributed by atoms with Gasteiger partial charge in [-0.1, -0.05) is 31.4 Å². The van der Waals surface area contributed by atoms with E-state index in [-0.39, 0.29) is 5.91 Å². The number of hydrogen-bond donors (Lipinski definition) is 1. The Labute approximate surface area is 96.1 Å². The minimum Gasteiger partial charge on any atom is -0.326 e. The molecule has 1 heterocycles. The zero-order valence-electron chi connectivity index (χ0n) is 9.46. The van der Waals surface area contributed by atoms with Crippen LogP contribution in [0.3, 0.4) is 0 Å². The topological polar surface area (TPSA) is 29.1 Å². The molecule has 0 aromatic heterocycles. The number of hydrogen-bond acceptors (Lipinski definition) is 1. The molecule has 1 aromatic carbocycles. The van der Waals surface area contributed by atoms with Crippen LogP contribution < -0.4 is 5.32 Å². The number of anilines is 1. The van der Waals surface area contributed by atoms with Gasteiger partial charge < -0.3 is 5.32 Å². The number of carbonyl (C=O) groups excluding carboxylic acids is 1. The summed E-state index contributed by atoms with van der Waals surface area (Å²) in [6.45, 7) is 0. The average Bonchev–Trinajstić information content (AvgIpc) is 2.69. The second kappa shape index (κ2) is 3.93. The van der Waals surface area contributed by atoms with Gasteiger partial charge in [0.05, 0.1) is 6.42 Å². The molecule has 1 amide bonds. The highest BCUT2D eigenvalue weighted by molar-refractivity contribution is 5.99. The van der Waals surface area contributed by atoms with Gasteiger partial charge in [0.1, 0.15) is 0 Å². The molecule has 2 aliphatic rings. The van der Waals surface area contributed by atoms with E-state index in [4.69, 9.17) is 0 Å². The van der Waals surface area contributed by atoms with E-state index in [2.05, 4.69) is 23.5 Å². The van der Waals surface area contributed by atoms with Crippen LogP contribution in [0, 0.1) is 0 Å². The molecule has 0 atom stereocenters. The smallest absolute Gasteiger partial charge is 0.228 e. The van der Waals surface area contributed by atoms with E-state index in [9.17, 15) is 4.79 Å². The van der Waals surface area contributed by atoms with Gasteiger partial charge in [0.2, 0.25) is 5.91 Å². The van der Waals surface area contributed by atoms with Gasteiger partial charge >= 0.3 is 0 Å². The summed E-state index contributed by atoms with van der Waals surface area (Å²) in [5.41, 5.74) is 3.65. The van der Waals surface area contributed by atoms with Crippen LogP contribution in [0.4, 0.5) is 5.69 Å². The van der Waals surface area contributed by atoms with E-state index >= 15 is 0 Å². The fourth-order valence-corrected chi connectivity index (χ4v) is 2.94. The first kappa shape index (κ1) is 9.88. The van der Waals surface area contributed by atoms with Crippen LogP contribution in [0.25, 0.3) is 0 Å². The first-order chi connectivity index (χ1) is 7.83. The molecule has 2 nitrogen and oxygen atoms in total. The summed E-state index contributed by atoms with van der Waals surface area (Å²) in [7, 11) is 0. The molecule has 84 valence electrons. The van der Waals surface area contributed by atoms with Crippen LogP contribution in [0.2, 0.25) is 0 Å². The number of benzene rings is 1. The van der Waals surface area contributed by atoms with Crippen LogP contribution >= 0.6 is 0 Å². The van der Waals surface area contributed by atoms with Crippen molar-refractivity contribution in [3.8, 4) is 0 Å². The summed E-state index contributed by atoms with van der Waals surface area (Å²) < 4.78 is 0. The Balaban J connectivity index is 1.86. The van der Waals surface area contributed by atoms with Crippen molar-refractivity contribution in [2.75, 3.05) is 5.32 Å². The van der Waals surface area contributed by atoms with Gasteiger partial charge in [-0.05, 0) is 36.0 Å². The summed E-state index contributed by atoms with van der Waals surface area (Å²) in [6.07, 6.45) is 7.32. The fourth-order valence-electron chi connectivity index (χ4n) is 2.94. The summed E-state index contributed by atoms with van der Waals surface area (Å²) in [4.78, 5) is 11.3. The molecular formula is C14H17NO. The first-order valence-electron chi connectivity index (χ1n) is 6.25. The molecule has 1 aromatic rings.